The number of nitriles is 4. The van der Waals surface area contributed by atoms with Crippen molar-refractivity contribution in [2.75, 3.05) is 9.80 Å². The Hall–Kier alpha value is -10.7. The van der Waals surface area contributed by atoms with Gasteiger partial charge in [-0.05, 0) is 133 Å². The van der Waals surface area contributed by atoms with Crippen molar-refractivity contribution in [2.24, 2.45) is 0 Å². The van der Waals surface area contributed by atoms with E-state index in [9.17, 15) is 21.0 Å². The summed E-state index contributed by atoms with van der Waals surface area (Å²) >= 11 is 3.53. The minimum atomic E-state index is 0.337. The Morgan fingerprint density at radius 2 is 0.562 bits per heavy atom. The first-order valence-corrected chi connectivity index (χ1v) is 27.6. The Bertz CT molecular complexity index is 4500. The fraction of sp³-hybridized carbons (Fsp3) is 0. The van der Waals surface area contributed by atoms with Crippen LogP contribution in [0.25, 0.3) is 77.2 Å². The molecular weight excluding hydrogens is 1020 g/mol. The van der Waals surface area contributed by atoms with E-state index in [1.165, 1.54) is 0 Å². The third-order valence-corrected chi connectivity index (χ3v) is 17.7. The van der Waals surface area contributed by atoms with E-state index in [1.54, 1.807) is 59.9 Å². The summed E-state index contributed by atoms with van der Waals surface area (Å²) in [7, 11) is 0. The van der Waals surface area contributed by atoms with Crippen LogP contribution in [0.2, 0.25) is 0 Å². The van der Waals surface area contributed by atoms with Gasteiger partial charge in [0.2, 0.25) is 0 Å². The maximum atomic E-state index is 11.2. The molecule has 0 saturated carbocycles. The van der Waals surface area contributed by atoms with Crippen LogP contribution >= 0.6 is 23.5 Å². The lowest BCUT2D eigenvalue weighted by Crippen LogP contribution is -2.14. The summed E-state index contributed by atoms with van der Waals surface area (Å²) < 4.78 is 4.48. The van der Waals surface area contributed by atoms with Crippen LogP contribution in [-0.4, -0.2) is 9.13 Å². The normalized spacial score (nSPS) is 12.3. The lowest BCUT2D eigenvalue weighted by atomic mass is 9.84. The van der Waals surface area contributed by atoms with Crippen LogP contribution in [0.15, 0.2) is 250 Å². The van der Waals surface area contributed by atoms with Crippen molar-refractivity contribution >= 4 is 101 Å². The van der Waals surface area contributed by atoms with Gasteiger partial charge in [-0.15, -0.1) is 0 Å². The first kappa shape index (κ1) is 46.6. The highest BCUT2D eigenvalue weighted by Gasteiger charge is 2.33. The Morgan fingerprint density at radius 3 is 0.887 bits per heavy atom. The number of aromatic nitrogens is 2. The lowest BCUT2D eigenvalue weighted by molar-refractivity contribution is 1.15. The lowest BCUT2D eigenvalue weighted by Gasteiger charge is -2.33. The summed E-state index contributed by atoms with van der Waals surface area (Å²) in [6.45, 7) is 0. The molecule has 0 saturated heterocycles. The van der Waals surface area contributed by atoms with Gasteiger partial charge in [-0.2, -0.15) is 21.0 Å². The average Bonchev–Trinajstić information content (AvgIpc) is 3.22. The van der Waals surface area contributed by atoms with Crippen molar-refractivity contribution in [3.8, 4) is 57.9 Å². The van der Waals surface area contributed by atoms with Gasteiger partial charge in [0.25, 0.3) is 0 Å². The van der Waals surface area contributed by atoms with E-state index in [0.29, 0.717) is 44.5 Å². The number of benzene rings is 11. The van der Waals surface area contributed by atoms with Crippen LogP contribution in [0, 0.1) is 45.3 Å². The van der Waals surface area contributed by atoms with E-state index in [2.05, 4.69) is 213 Å². The molecule has 370 valence electrons. The van der Waals surface area contributed by atoms with E-state index in [0.717, 1.165) is 109 Å². The molecule has 80 heavy (non-hydrogen) atoms. The van der Waals surface area contributed by atoms with Crippen molar-refractivity contribution in [1.82, 2.24) is 9.13 Å². The summed E-state index contributed by atoms with van der Waals surface area (Å²) in [5.74, 6) is 0. The standard InChI is InChI=1S/C70H38N8S2/c71-39-43-15-13-16-44(40-72)63(43)67-65-51-19-1-3-21-53(51)77(49-35-31-47(32-36-49)75-55-23-5-9-27-59(55)79-60-28-10-6-24-56(60)75)69(65)68(64-45(41-73)17-14-18-46(64)42-74)66-52-20-2-4-22-54(52)78(70(66)67)50-37-33-48(34-38-50)76-57-25-7-11-29-61(57)80-62-30-12-8-26-58(62)76/h1-38H. The van der Waals surface area contributed by atoms with Gasteiger partial charge in [0, 0.05) is 86.1 Å². The van der Waals surface area contributed by atoms with Crippen molar-refractivity contribution in [3.63, 3.8) is 0 Å². The predicted molar refractivity (Wildman–Crippen MR) is 322 cm³/mol. The molecule has 2 aliphatic heterocycles. The third-order valence-electron chi connectivity index (χ3n) is 15.4. The highest BCUT2D eigenvalue weighted by atomic mass is 32.2. The van der Waals surface area contributed by atoms with Crippen LogP contribution in [-0.2, 0) is 0 Å². The quantitative estimate of drug-likeness (QED) is 0.162. The van der Waals surface area contributed by atoms with Gasteiger partial charge in [0.15, 0.2) is 0 Å². The first-order chi connectivity index (χ1) is 39.6. The van der Waals surface area contributed by atoms with E-state index in [-0.39, 0.29) is 0 Å². The molecule has 0 N–H and O–H groups in total. The molecule has 0 bridgehead atoms. The molecule has 0 radical (unpaired) electrons. The van der Waals surface area contributed by atoms with Crippen LogP contribution in [0.4, 0.5) is 34.1 Å². The Labute approximate surface area is 468 Å². The number of anilines is 6. The van der Waals surface area contributed by atoms with Crippen LogP contribution in [0.3, 0.4) is 0 Å². The highest BCUT2D eigenvalue weighted by molar-refractivity contribution is 8.00. The van der Waals surface area contributed by atoms with E-state index in [4.69, 9.17) is 0 Å². The fourth-order valence-electron chi connectivity index (χ4n) is 12.2. The molecule has 10 heteroatoms. The number of rotatable bonds is 6. The topological polar surface area (TPSA) is 111 Å². The van der Waals surface area contributed by atoms with Gasteiger partial charge in [-0.3, -0.25) is 0 Å². The second-order valence-corrected chi connectivity index (χ2v) is 21.8. The fourth-order valence-corrected chi connectivity index (χ4v) is 14.3. The largest absolute Gasteiger partial charge is 0.309 e. The molecule has 11 aromatic carbocycles. The molecule has 13 aromatic rings. The first-order valence-electron chi connectivity index (χ1n) is 26.0. The monoisotopic (exact) mass is 1050 g/mol. The van der Waals surface area contributed by atoms with Crippen LogP contribution < -0.4 is 9.80 Å². The van der Waals surface area contributed by atoms with Gasteiger partial charge in [-0.25, -0.2) is 0 Å². The van der Waals surface area contributed by atoms with Gasteiger partial charge in [0.1, 0.15) is 0 Å². The van der Waals surface area contributed by atoms with Gasteiger partial charge in [-0.1, -0.05) is 121 Å². The van der Waals surface area contributed by atoms with Crippen molar-refractivity contribution < 1.29 is 0 Å². The average molecular weight is 1060 g/mol. The highest BCUT2D eigenvalue weighted by Crippen LogP contribution is 2.56. The molecule has 0 fully saturated rings. The number of hydrogen-bond acceptors (Lipinski definition) is 8. The summed E-state index contributed by atoms with van der Waals surface area (Å²) in [4.78, 5) is 9.24. The maximum Gasteiger partial charge on any atom is 0.0998 e. The molecule has 0 spiro atoms. The van der Waals surface area contributed by atoms with E-state index >= 15 is 0 Å². The zero-order chi connectivity index (χ0) is 53.6. The SMILES string of the molecule is N#Cc1cccc(C#N)c1-c1c2c3ccccc3n(-c3ccc(N4c5ccccc5Sc5ccccc54)cc3)c2c(-c2c(C#N)cccc2C#N)c2c3ccccc3n(-c3ccc(N4c5ccccc5Sc5ccccc54)cc3)c12. The Morgan fingerprint density at radius 1 is 0.275 bits per heavy atom. The number of nitrogens with zero attached hydrogens (tertiary/aromatic N) is 8. The molecule has 0 atom stereocenters. The van der Waals surface area contributed by atoms with Crippen molar-refractivity contribution in [2.45, 2.75) is 19.6 Å². The molecule has 0 aliphatic carbocycles. The van der Waals surface area contributed by atoms with Gasteiger partial charge < -0.3 is 18.9 Å². The smallest absolute Gasteiger partial charge is 0.0998 e. The molecule has 2 aromatic heterocycles. The second kappa shape index (κ2) is 18.5. The molecular formula is C70H38N8S2. The molecule has 15 rings (SSSR count). The minimum Gasteiger partial charge on any atom is -0.309 e. The molecule has 4 heterocycles. The summed E-state index contributed by atoms with van der Waals surface area (Å²) in [6, 6.07) is 88.1. The molecule has 2 aliphatic rings. The molecule has 0 unspecified atom stereocenters. The molecule has 0 amide bonds. The van der Waals surface area contributed by atoms with Crippen molar-refractivity contribution in [3.05, 3.63) is 253 Å². The van der Waals surface area contributed by atoms with Gasteiger partial charge in [0.05, 0.1) is 91.3 Å². The van der Waals surface area contributed by atoms with Gasteiger partial charge >= 0.3 is 0 Å². The number of fused-ring (bicyclic) bond motifs is 10. The number of para-hydroxylation sites is 6. The zero-order valence-corrected chi connectivity index (χ0v) is 44.0. The van der Waals surface area contributed by atoms with Crippen molar-refractivity contribution in [1.29, 1.82) is 21.0 Å². The van der Waals surface area contributed by atoms with Crippen LogP contribution in [0.5, 0.6) is 0 Å². The summed E-state index contributed by atoms with van der Waals surface area (Å²) in [5, 5.41) is 48.2. The minimum absolute atomic E-state index is 0.337. The number of hydrogen-bond donors (Lipinski definition) is 0. The summed E-state index contributed by atoms with van der Waals surface area (Å²) in [6.07, 6.45) is 0. The third kappa shape index (κ3) is 6.88. The second-order valence-electron chi connectivity index (χ2n) is 19.6. The maximum absolute atomic E-state index is 11.2. The molecule has 8 nitrogen and oxygen atoms in total. The Balaban J connectivity index is 1.09. The van der Waals surface area contributed by atoms with Crippen LogP contribution in [0.1, 0.15) is 22.3 Å². The van der Waals surface area contributed by atoms with E-state index < -0.39 is 0 Å². The van der Waals surface area contributed by atoms with E-state index in [1.807, 2.05) is 24.3 Å². The predicted octanol–water partition coefficient (Wildman–Crippen LogP) is 18.6. The zero-order valence-electron chi connectivity index (χ0n) is 42.3. The summed E-state index contributed by atoms with van der Waals surface area (Å²) in [5.41, 5.74) is 14.8. The Kier molecular flexibility index (Phi) is 10.8.